The Kier molecular flexibility index (Phi) is 5.36. The molecule has 0 spiro atoms. The highest BCUT2D eigenvalue weighted by Gasteiger charge is 2.54. The molecule has 7 nitrogen and oxygen atoms in total. The first-order chi connectivity index (χ1) is 18.3. The summed E-state index contributed by atoms with van der Waals surface area (Å²) in [6.07, 6.45) is 0.0293. The van der Waals surface area contributed by atoms with Gasteiger partial charge in [-0.1, -0.05) is 36.4 Å². The molecule has 38 heavy (non-hydrogen) atoms. The Hall–Kier alpha value is -4.82. The summed E-state index contributed by atoms with van der Waals surface area (Å²) in [6.45, 7) is 1.88. The number of benzodiazepines with no additional fused rings is 1. The molecule has 3 amide bonds. The Bertz CT molecular complexity index is 1660. The normalized spacial score (nSPS) is 20.6. The molecule has 2 aliphatic heterocycles. The van der Waals surface area contributed by atoms with Crippen molar-refractivity contribution in [3.05, 3.63) is 125 Å². The molecular weight excluding hydrogens is 483 g/mol. The van der Waals surface area contributed by atoms with Gasteiger partial charge in [0.25, 0.3) is 11.8 Å². The number of imide groups is 1. The number of aromatic nitrogens is 1. The fourth-order valence-electron chi connectivity index (χ4n) is 5.13. The van der Waals surface area contributed by atoms with Crippen LogP contribution in [-0.4, -0.2) is 46.5 Å². The predicted molar refractivity (Wildman–Crippen MR) is 141 cm³/mol. The third-order valence-electron chi connectivity index (χ3n) is 7.11. The highest BCUT2D eigenvalue weighted by Crippen LogP contribution is 2.41. The van der Waals surface area contributed by atoms with Gasteiger partial charge in [0, 0.05) is 23.9 Å². The maximum Gasteiger partial charge on any atom is 0.370 e. The summed E-state index contributed by atoms with van der Waals surface area (Å²) in [5, 5.41) is 0. The first kappa shape index (κ1) is 23.6. The van der Waals surface area contributed by atoms with Gasteiger partial charge in [0.2, 0.25) is 12.0 Å². The summed E-state index contributed by atoms with van der Waals surface area (Å²) >= 11 is 0. The van der Waals surface area contributed by atoms with E-state index in [9.17, 15) is 14.4 Å². The molecule has 0 bridgehead atoms. The Morgan fingerprint density at radius 2 is 1.37 bits per heavy atom. The summed E-state index contributed by atoms with van der Waals surface area (Å²) in [5.74, 6) is -1.99. The monoisotopic (exact) mass is 505 g/mol. The molecule has 0 saturated carbocycles. The van der Waals surface area contributed by atoms with E-state index in [0.29, 0.717) is 17.1 Å². The van der Waals surface area contributed by atoms with Crippen LogP contribution >= 0.6 is 0 Å². The second-order valence-electron chi connectivity index (χ2n) is 9.41. The minimum absolute atomic E-state index is 0.153. The van der Waals surface area contributed by atoms with Gasteiger partial charge in [0.1, 0.15) is 5.82 Å². The number of benzene rings is 3. The molecule has 6 rings (SSSR count). The molecule has 3 heterocycles. The van der Waals surface area contributed by atoms with Gasteiger partial charge in [-0.2, -0.15) is 4.48 Å². The smallest absolute Gasteiger partial charge is 0.268 e. The molecule has 3 aromatic carbocycles. The fraction of sp³-hybridized carbons (Fsp3) is 0.100. The first-order valence-electron chi connectivity index (χ1n) is 12.1. The van der Waals surface area contributed by atoms with Crippen molar-refractivity contribution in [3.63, 3.8) is 0 Å². The summed E-state index contributed by atoms with van der Waals surface area (Å²) < 4.78 is 14.7. The van der Waals surface area contributed by atoms with Crippen molar-refractivity contribution in [2.75, 3.05) is 7.05 Å². The van der Waals surface area contributed by atoms with E-state index in [4.69, 9.17) is 4.99 Å². The number of quaternary nitrogens is 1. The third kappa shape index (κ3) is 3.34. The van der Waals surface area contributed by atoms with Crippen LogP contribution in [0.5, 0.6) is 0 Å². The minimum Gasteiger partial charge on any atom is -0.268 e. The van der Waals surface area contributed by atoms with Gasteiger partial charge in [0.05, 0.1) is 29.4 Å². The van der Waals surface area contributed by atoms with Gasteiger partial charge >= 0.3 is 5.91 Å². The maximum atomic E-state index is 15.2. The topological polar surface area (TPSA) is 79.7 Å². The number of hydrogen-bond acceptors (Lipinski definition) is 5. The van der Waals surface area contributed by atoms with Crippen molar-refractivity contribution in [1.29, 1.82) is 0 Å². The molecule has 4 aromatic rings. The number of carbonyl (C=O) groups is 3. The third-order valence-corrected chi connectivity index (χ3v) is 7.11. The zero-order chi connectivity index (χ0) is 26.6. The lowest BCUT2D eigenvalue weighted by Crippen LogP contribution is -2.57. The summed E-state index contributed by atoms with van der Waals surface area (Å²) in [5.41, 5.74) is 2.57. The van der Waals surface area contributed by atoms with Crippen LogP contribution in [0.4, 0.5) is 15.9 Å². The van der Waals surface area contributed by atoms with E-state index in [1.165, 1.54) is 6.07 Å². The second kappa shape index (κ2) is 8.64. The van der Waals surface area contributed by atoms with Crippen LogP contribution in [0, 0.1) is 12.7 Å². The Morgan fingerprint density at radius 3 is 2.00 bits per heavy atom. The van der Waals surface area contributed by atoms with E-state index in [2.05, 4.69) is 4.98 Å². The molecule has 0 radical (unpaired) electrons. The lowest BCUT2D eigenvalue weighted by atomic mass is 9.99. The molecular formula is C30H22FN4O3+. The average Bonchev–Trinajstić information content (AvgIpc) is 3.13. The SMILES string of the molecule is Cc1ccnc([N+]2(C)C(=O)C(N3C(=O)c4ccccc4C3=O)N=C(c3ccccc3F)c3ccccc32)c1. The lowest BCUT2D eigenvalue weighted by Gasteiger charge is -2.32. The van der Waals surface area contributed by atoms with Gasteiger partial charge in [-0.05, 0) is 48.9 Å². The quantitative estimate of drug-likeness (QED) is 0.296. The molecule has 0 fully saturated rings. The number of amides is 3. The molecule has 0 aliphatic carbocycles. The predicted octanol–water partition coefficient (Wildman–Crippen LogP) is 4.80. The Balaban J connectivity index is 1.66. The van der Waals surface area contributed by atoms with Gasteiger partial charge in [-0.3, -0.25) is 9.59 Å². The van der Waals surface area contributed by atoms with Crippen LogP contribution < -0.4 is 4.48 Å². The van der Waals surface area contributed by atoms with Crippen molar-refractivity contribution >= 4 is 34.9 Å². The van der Waals surface area contributed by atoms with E-state index < -0.39 is 34.2 Å². The van der Waals surface area contributed by atoms with Crippen LogP contribution in [0.1, 0.15) is 37.4 Å². The molecule has 0 N–H and O–H groups in total. The number of halogens is 1. The van der Waals surface area contributed by atoms with Gasteiger partial charge in [0.15, 0.2) is 5.69 Å². The number of aliphatic imine (C=N–C) groups is 1. The van der Waals surface area contributed by atoms with E-state index in [0.717, 1.165) is 10.5 Å². The van der Waals surface area contributed by atoms with Crippen LogP contribution in [-0.2, 0) is 4.79 Å². The van der Waals surface area contributed by atoms with E-state index >= 15 is 4.39 Å². The number of nitrogens with zero attached hydrogens (tertiary/aromatic N) is 4. The first-order valence-corrected chi connectivity index (χ1v) is 12.1. The number of pyridine rings is 1. The highest BCUT2D eigenvalue weighted by atomic mass is 19.1. The van der Waals surface area contributed by atoms with Crippen LogP contribution in [0.3, 0.4) is 0 Å². The molecule has 2 unspecified atom stereocenters. The van der Waals surface area contributed by atoms with Gasteiger partial charge in [-0.15, -0.1) is 0 Å². The molecule has 8 heteroatoms. The van der Waals surface area contributed by atoms with Crippen LogP contribution in [0.25, 0.3) is 0 Å². The number of rotatable bonds is 3. The number of fused-ring (bicyclic) bond motifs is 2. The van der Waals surface area contributed by atoms with Gasteiger partial charge < -0.3 is 0 Å². The molecule has 0 saturated heterocycles. The number of likely N-dealkylation sites (N-methyl/N-ethyl adjacent to an activating group) is 1. The summed E-state index contributed by atoms with van der Waals surface area (Å²) in [6, 6.07) is 23.2. The van der Waals surface area contributed by atoms with Crippen molar-refractivity contribution in [2.24, 2.45) is 4.99 Å². The largest absolute Gasteiger partial charge is 0.370 e. The lowest BCUT2D eigenvalue weighted by molar-refractivity contribution is -0.130. The zero-order valence-electron chi connectivity index (χ0n) is 20.6. The maximum absolute atomic E-state index is 15.2. The van der Waals surface area contributed by atoms with Crippen molar-refractivity contribution < 1.29 is 18.8 Å². The summed E-state index contributed by atoms with van der Waals surface area (Å²) in [7, 11) is 1.66. The van der Waals surface area contributed by atoms with Crippen molar-refractivity contribution in [2.45, 2.75) is 13.1 Å². The number of para-hydroxylation sites is 1. The average molecular weight is 506 g/mol. The van der Waals surface area contributed by atoms with E-state index in [-0.39, 0.29) is 22.4 Å². The van der Waals surface area contributed by atoms with Crippen molar-refractivity contribution in [1.82, 2.24) is 14.4 Å². The van der Waals surface area contributed by atoms with Crippen LogP contribution in [0.2, 0.25) is 0 Å². The molecule has 2 aliphatic rings. The highest BCUT2D eigenvalue weighted by molar-refractivity contribution is 6.25. The second-order valence-corrected chi connectivity index (χ2v) is 9.41. The molecule has 186 valence electrons. The standard InChI is InChI=1S/C30H22FN4O3/c1-18-15-16-32-25(17-18)35(2)24-14-8-6-12-22(24)26(21-11-5-7-13-23(21)31)33-27(30(35)38)34-28(36)19-9-3-4-10-20(19)29(34)37/h3-17,27H,1-2H3/q+1. The van der Waals surface area contributed by atoms with Crippen LogP contribution in [0.15, 0.2) is 96.1 Å². The minimum atomic E-state index is -1.57. The molecule has 1 aromatic heterocycles. The van der Waals surface area contributed by atoms with E-state index in [1.807, 2.05) is 13.0 Å². The number of hydrogen-bond donors (Lipinski definition) is 0. The zero-order valence-corrected chi connectivity index (χ0v) is 20.6. The van der Waals surface area contributed by atoms with Gasteiger partial charge in [-0.25, -0.2) is 24.1 Å². The fourth-order valence-corrected chi connectivity index (χ4v) is 5.13. The van der Waals surface area contributed by atoms with E-state index in [1.54, 1.807) is 86.0 Å². The number of aryl methyl sites for hydroxylation is 1. The van der Waals surface area contributed by atoms with Crippen molar-refractivity contribution in [3.8, 4) is 0 Å². The Morgan fingerprint density at radius 1 is 0.789 bits per heavy atom. The molecule has 2 atom stereocenters. The Labute approximate surface area is 218 Å². The summed E-state index contributed by atoms with van der Waals surface area (Å²) in [4.78, 5) is 51.8. The number of carbonyl (C=O) groups excluding carboxylic acids is 3.